The van der Waals surface area contributed by atoms with Crippen LogP contribution in [0.5, 0.6) is 0 Å². The highest BCUT2D eigenvalue weighted by Gasteiger charge is 2.38. The molecule has 1 N–H and O–H groups in total. The van der Waals surface area contributed by atoms with Crippen molar-refractivity contribution >= 4 is 30.5 Å². The van der Waals surface area contributed by atoms with Crippen LogP contribution in [0.25, 0.3) is 0 Å². The van der Waals surface area contributed by atoms with Gasteiger partial charge in [0.25, 0.3) is 0 Å². The van der Waals surface area contributed by atoms with Gasteiger partial charge < -0.3 is 14.7 Å². The Labute approximate surface area is 104 Å². The van der Waals surface area contributed by atoms with E-state index in [-0.39, 0.29) is 11.8 Å². The number of hydrogen-bond donors (Lipinski definition) is 2. The van der Waals surface area contributed by atoms with Crippen molar-refractivity contribution in [3.8, 4) is 0 Å². The third kappa shape index (κ3) is 3.36. The molecule has 17 heavy (non-hydrogen) atoms. The number of esters is 1. The van der Waals surface area contributed by atoms with E-state index in [2.05, 4.69) is 17.4 Å². The lowest BCUT2D eigenvalue weighted by Crippen LogP contribution is -2.44. The predicted octanol–water partition coefficient (Wildman–Crippen LogP) is -0.219. The minimum atomic E-state index is -1.14. The van der Waals surface area contributed by atoms with Crippen molar-refractivity contribution in [1.82, 2.24) is 4.90 Å². The van der Waals surface area contributed by atoms with Crippen LogP contribution in [0.3, 0.4) is 0 Å². The highest BCUT2D eigenvalue weighted by Crippen LogP contribution is 2.23. The van der Waals surface area contributed by atoms with Crippen molar-refractivity contribution in [3.63, 3.8) is 0 Å². The van der Waals surface area contributed by atoms with E-state index in [4.69, 9.17) is 5.11 Å². The number of hydrogen-bond acceptors (Lipinski definition) is 5. The van der Waals surface area contributed by atoms with Crippen LogP contribution in [0.15, 0.2) is 0 Å². The molecular formula is C10H15NO5S. The summed E-state index contributed by atoms with van der Waals surface area (Å²) in [6.45, 7) is 0.357. The standard InChI is InChI=1S/C10H15NO5S/c1-16-10(15)7(3-9(13)14)11-4-6(5-17)2-8(11)12/h6-7,17H,2-5H2,1H3,(H,13,14)/t6?,7-/m1/s1. The lowest BCUT2D eigenvalue weighted by molar-refractivity contribution is -0.155. The largest absolute Gasteiger partial charge is 0.481 e. The minimum Gasteiger partial charge on any atom is -0.481 e. The summed E-state index contributed by atoms with van der Waals surface area (Å²) in [6.07, 6.45) is -0.131. The maximum absolute atomic E-state index is 11.7. The van der Waals surface area contributed by atoms with Crippen LogP contribution in [0.1, 0.15) is 12.8 Å². The van der Waals surface area contributed by atoms with Crippen molar-refractivity contribution in [2.45, 2.75) is 18.9 Å². The maximum atomic E-state index is 11.7. The topological polar surface area (TPSA) is 83.9 Å². The van der Waals surface area contributed by atoms with E-state index in [1.54, 1.807) is 0 Å². The Balaban J connectivity index is 2.79. The SMILES string of the molecule is COC(=O)[C@@H](CC(=O)O)N1CC(CS)CC1=O. The smallest absolute Gasteiger partial charge is 0.329 e. The van der Waals surface area contributed by atoms with Gasteiger partial charge in [0.1, 0.15) is 6.04 Å². The number of carbonyl (C=O) groups excluding carboxylic acids is 2. The number of carboxylic acid groups (broad SMARTS) is 1. The van der Waals surface area contributed by atoms with E-state index in [1.807, 2.05) is 0 Å². The van der Waals surface area contributed by atoms with Gasteiger partial charge in [0.05, 0.1) is 13.5 Å². The Morgan fingerprint density at radius 3 is 2.71 bits per heavy atom. The zero-order valence-corrected chi connectivity index (χ0v) is 10.4. The van der Waals surface area contributed by atoms with Crippen molar-refractivity contribution in [2.75, 3.05) is 19.4 Å². The normalized spacial score (nSPS) is 21.4. The molecular weight excluding hydrogens is 246 g/mol. The number of carboxylic acids is 1. The van der Waals surface area contributed by atoms with E-state index in [9.17, 15) is 14.4 Å². The molecule has 0 bridgehead atoms. The van der Waals surface area contributed by atoms with Gasteiger partial charge in [-0.2, -0.15) is 12.6 Å². The third-order valence-electron chi connectivity index (χ3n) is 2.71. The summed E-state index contributed by atoms with van der Waals surface area (Å²) in [5.41, 5.74) is 0. The first-order valence-electron chi connectivity index (χ1n) is 5.19. The second-order valence-electron chi connectivity index (χ2n) is 3.94. The molecule has 1 unspecified atom stereocenters. The fraction of sp³-hybridized carbons (Fsp3) is 0.700. The summed E-state index contributed by atoms with van der Waals surface area (Å²) in [5, 5.41) is 8.74. The average molecular weight is 261 g/mol. The van der Waals surface area contributed by atoms with Gasteiger partial charge in [-0.15, -0.1) is 0 Å². The van der Waals surface area contributed by atoms with E-state index in [1.165, 1.54) is 12.0 Å². The molecule has 0 aromatic rings. The first kappa shape index (κ1) is 13.8. The van der Waals surface area contributed by atoms with Gasteiger partial charge in [-0.05, 0) is 11.7 Å². The van der Waals surface area contributed by atoms with Crippen molar-refractivity contribution in [1.29, 1.82) is 0 Å². The molecule has 0 aromatic heterocycles. The molecule has 0 spiro atoms. The molecule has 1 aliphatic rings. The van der Waals surface area contributed by atoms with Crippen LogP contribution in [0.4, 0.5) is 0 Å². The Hall–Kier alpha value is -1.24. The quantitative estimate of drug-likeness (QED) is 0.528. The van der Waals surface area contributed by atoms with Crippen LogP contribution in [-0.2, 0) is 19.1 Å². The van der Waals surface area contributed by atoms with Crippen molar-refractivity contribution in [3.05, 3.63) is 0 Å². The van der Waals surface area contributed by atoms with E-state index >= 15 is 0 Å². The highest BCUT2D eigenvalue weighted by atomic mass is 32.1. The first-order valence-corrected chi connectivity index (χ1v) is 5.82. The second kappa shape index (κ2) is 5.90. The van der Waals surface area contributed by atoms with Crippen LogP contribution < -0.4 is 0 Å². The second-order valence-corrected chi connectivity index (χ2v) is 4.30. The molecule has 1 saturated heterocycles. The van der Waals surface area contributed by atoms with Gasteiger partial charge in [-0.3, -0.25) is 9.59 Å². The minimum absolute atomic E-state index is 0.0618. The number of rotatable bonds is 5. The Morgan fingerprint density at radius 1 is 1.65 bits per heavy atom. The number of amides is 1. The zero-order valence-electron chi connectivity index (χ0n) is 9.46. The molecule has 1 aliphatic heterocycles. The molecule has 1 amide bonds. The van der Waals surface area contributed by atoms with E-state index in [0.717, 1.165) is 0 Å². The summed E-state index contributed by atoms with van der Waals surface area (Å²) in [7, 11) is 1.17. The van der Waals surface area contributed by atoms with Gasteiger partial charge >= 0.3 is 11.9 Å². The van der Waals surface area contributed by atoms with Gasteiger partial charge in [-0.25, -0.2) is 4.79 Å². The third-order valence-corrected chi connectivity index (χ3v) is 3.23. The predicted molar refractivity (Wildman–Crippen MR) is 61.7 cm³/mol. The maximum Gasteiger partial charge on any atom is 0.329 e. The highest BCUT2D eigenvalue weighted by molar-refractivity contribution is 7.80. The molecule has 0 aromatic carbocycles. The monoisotopic (exact) mass is 261 g/mol. The summed E-state index contributed by atoms with van der Waals surface area (Å²) in [4.78, 5) is 35.1. The lowest BCUT2D eigenvalue weighted by atomic mass is 10.1. The Kier molecular flexibility index (Phi) is 4.80. The van der Waals surface area contributed by atoms with Crippen molar-refractivity contribution in [2.24, 2.45) is 5.92 Å². The summed E-state index contributed by atoms with van der Waals surface area (Å²) in [5.74, 6) is -1.46. The number of aliphatic carboxylic acids is 1. The Morgan fingerprint density at radius 2 is 2.29 bits per heavy atom. The number of carbonyl (C=O) groups is 3. The fourth-order valence-electron chi connectivity index (χ4n) is 1.85. The molecule has 0 radical (unpaired) electrons. The molecule has 7 heteroatoms. The molecule has 0 aliphatic carbocycles. The fourth-order valence-corrected chi connectivity index (χ4v) is 2.10. The first-order chi connectivity index (χ1) is 7.99. The van der Waals surface area contributed by atoms with Gasteiger partial charge in [0.2, 0.25) is 5.91 Å². The van der Waals surface area contributed by atoms with E-state index < -0.39 is 24.4 Å². The number of nitrogens with zero attached hydrogens (tertiary/aromatic N) is 1. The van der Waals surface area contributed by atoms with Gasteiger partial charge in [-0.1, -0.05) is 0 Å². The summed E-state index contributed by atoms with van der Waals surface area (Å²) < 4.78 is 4.53. The van der Waals surface area contributed by atoms with Crippen LogP contribution in [0, 0.1) is 5.92 Å². The number of methoxy groups -OCH3 is 1. The number of thiol groups is 1. The molecule has 2 atom stereocenters. The number of ether oxygens (including phenoxy) is 1. The molecule has 1 heterocycles. The number of likely N-dealkylation sites (tertiary alicyclic amines) is 1. The van der Waals surface area contributed by atoms with Crippen LogP contribution in [-0.4, -0.2) is 53.3 Å². The molecule has 6 nitrogen and oxygen atoms in total. The van der Waals surface area contributed by atoms with E-state index in [0.29, 0.717) is 18.7 Å². The molecule has 1 fully saturated rings. The van der Waals surface area contributed by atoms with Gasteiger partial charge in [0, 0.05) is 13.0 Å². The average Bonchev–Trinajstić information content (AvgIpc) is 2.66. The summed E-state index contributed by atoms with van der Waals surface area (Å²) >= 11 is 4.10. The Bertz CT molecular complexity index is 333. The zero-order chi connectivity index (χ0) is 13.0. The van der Waals surface area contributed by atoms with Crippen molar-refractivity contribution < 1.29 is 24.2 Å². The van der Waals surface area contributed by atoms with Gasteiger partial charge in [0.15, 0.2) is 0 Å². The molecule has 0 saturated carbocycles. The molecule has 1 rings (SSSR count). The van der Waals surface area contributed by atoms with Crippen LogP contribution >= 0.6 is 12.6 Å². The summed E-state index contributed by atoms with van der Waals surface area (Å²) in [6, 6.07) is -1.03. The van der Waals surface area contributed by atoms with Crippen LogP contribution in [0.2, 0.25) is 0 Å². The molecule has 96 valence electrons. The lowest BCUT2D eigenvalue weighted by Gasteiger charge is -2.24.